The van der Waals surface area contributed by atoms with E-state index in [1.807, 2.05) is 13.8 Å². The van der Waals surface area contributed by atoms with E-state index in [4.69, 9.17) is 14.6 Å². The van der Waals surface area contributed by atoms with Crippen LogP contribution in [0.2, 0.25) is 0 Å². The largest absolute Gasteiger partial charge is 0.466 e. The van der Waals surface area contributed by atoms with E-state index in [-0.39, 0.29) is 31.1 Å². The zero-order valence-electron chi connectivity index (χ0n) is 20.0. The Morgan fingerprint density at radius 2 is 2.00 bits per heavy atom. The van der Waals surface area contributed by atoms with Crippen LogP contribution in [-0.4, -0.2) is 70.8 Å². The molecule has 3 aliphatic rings. The second kappa shape index (κ2) is 10.1. The maximum Gasteiger partial charge on any atom is 0.312 e. The molecule has 32 heavy (non-hydrogen) atoms. The van der Waals surface area contributed by atoms with Crippen molar-refractivity contribution in [3.05, 3.63) is 0 Å². The van der Waals surface area contributed by atoms with Crippen LogP contribution in [0.25, 0.3) is 0 Å². The smallest absolute Gasteiger partial charge is 0.312 e. The van der Waals surface area contributed by atoms with E-state index in [9.17, 15) is 14.4 Å². The van der Waals surface area contributed by atoms with Crippen LogP contribution in [0.5, 0.6) is 0 Å². The van der Waals surface area contributed by atoms with Crippen molar-refractivity contribution in [3.63, 3.8) is 0 Å². The number of carbonyl (C=O) groups excluding carboxylic acids is 3. The van der Waals surface area contributed by atoms with Gasteiger partial charge in [-0.3, -0.25) is 14.4 Å². The number of amides is 2. The number of carbonyl (C=O) groups is 3. The van der Waals surface area contributed by atoms with E-state index in [1.165, 1.54) is 0 Å². The number of likely N-dealkylation sites (tertiary alicyclic amines) is 1. The molecule has 0 aromatic heterocycles. The highest BCUT2D eigenvalue weighted by Crippen LogP contribution is 2.64. The number of nitrogens with one attached hydrogen (secondary N) is 1. The van der Waals surface area contributed by atoms with Crippen LogP contribution in [0.3, 0.4) is 0 Å². The van der Waals surface area contributed by atoms with Crippen LogP contribution in [0.15, 0.2) is 0 Å². The molecule has 2 amide bonds. The van der Waals surface area contributed by atoms with Gasteiger partial charge in [-0.05, 0) is 58.8 Å². The molecule has 3 saturated heterocycles. The zero-order valence-corrected chi connectivity index (χ0v) is 20.0. The van der Waals surface area contributed by atoms with Gasteiger partial charge in [0.15, 0.2) is 0 Å². The van der Waals surface area contributed by atoms with E-state index >= 15 is 0 Å². The Morgan fingerprint density at radius 3 is 2.62 bits per heavy atom. The summed E-state index contributed by atoms with van der Waals surface area (Å²) in [6, 6.07) is -0.754. The van der Waals surface area contributed by atoms with Crippen LogP contribution < -0.4 is 5.32 Å². The van der Waals surface area contributed by atoms with Gasteiger partial charge in [-0.25, -0.2) is 0 Å². The number of rotatable bonds is 12. The highest BCUT2D eigenvalue weighted by molar-refractivity contribution is 5.98. The summed E-state index contributed by atoms with van der Waals surface area (Å²) in [5.74, 6) is -2.13. The molecular weight excluding hydrogens is 412 g/mol. The van der Waals surface area contributed by atoms with Gasteiger partial charge in [0.05, 0.1) is 18.1 Å². The lowest BCUT2D eigenvalue weighted by molar-refractivity contribution is -0.160. The van der Waals surface area contributed by atoms with Crippen LogP contribution in [-0.2, 0) is 23.9 Å². The Labute approximate surface area is 191 Å². The van der Waals surface area contributed by atoms with Crippen molar-refractivity contribution in [3.8, 4) is 0 Å². The minimum absolute atomic E-state index is 0.00566. The van der Waals surface area contributed by atoms with Crippen LogP contribution >= 0.6 is 0 Å². The lowest BCUT2D eigenvalue weighted by Crippen LogP contribution is -2.56. The molecule has 0 aromatic carbocycles. The first-order chi connectivity index (χ1) is 15.3. The van der Waals surface area contributed by atoms with E-state index in [1.54, 1.807) is 11.8 Å². The summed E-state index contributed by atoms with van der Waals surface area (Å²) in [4.78, 5) is 42.0. The molecule has 182 valence electrons. The van der Waals surface area contributed by atoms with E-state index in [2.05, 4.69) is 12.2 Å². The Balaban J connectivity index is 1.96. The Hall–Kier alpha value is -1.67. The van der Waals surface area contributed by atoms with Crippen molar-refractivity contribution in [2.24, 2.45) is 11.8 Å². The average Bonchev–Trinajstić information content (AvgIpc) is 3.35. The van der Waals surface area contributed by atoms with Crippen LogP contribution in [0.4, 0.5) is 0 Å². The van der Waals surface area contributed by atoms with Gasteiger partial charge in [0, 0.05) is 19.2 Å². The quantitative estimate of drug-likeness (QED) is 0.347. The summed E-state index contributed by atoms with van der Waals surface area (Å²) in [6.45, 7) is 8.53. The van der Waals surface area contributed by atoms with Crippen LogP contribution in [0, 0.1) is 11.8 Å². The van der Waals surface area contributed by atoms with Crippen molar-refractivity contribution in [2.45, 2.75) is 102 Å². The SMILES string of the molecule is CCCC(C)NC(=O)C1N(CCCCCO)C(=O)[C@@H]2[C@H](C(=O)OCC)[C@]3(CC)CCC12O3. The molecule has 1 spiro atoms. The fourth-order valence-electron chi connectivity index (χ4n) is 6.25. The molecule has 0 saturated carbocycles. The van der Waals surface area contributed by atoms with Gasteiger partial charge in [-0.2, -0.15) is 0 Å². The molecule has 2 bridgehead atoms. The zero-order chi connectivity index (χ0) is 23.5. The van der Waals surface area contributed by atoms with Crippen LogP contribution in [0.1, 0.15) is 79.1 Å². The third-order valence-corrected chi connectivity index (χ3v) is 7.64. The number of hydrogen-bond donors (Lipinski definition) is 2. The van der Waals surface area contributed by atoms with Crippen molar-refractivity contribution in [1.29, 1.82) is 0 Å². The fourth-order valence-corrected chi connectivity index (χ4v) is 6.25. The predicted molar refractivity (Wildman–Crippen MR) is 119 cm³/mol. The molecule has 3 heterocycles. The van der Waals surface area contributed by atoms with E-state index in [0.29, 0.717) is 38.6 Å². The maximum atomic E-state index is 13.7. The van der Waals surface area contributed by atoms with Gasteiger partial charge in [-0.1, -0.05) is 20.3 Å². The van der Waals surface area contributed by atoms with Crippen molar-refractivity contribution < 1.29 is 29.0 Å². The molecule has 3 rings (SSSR count). The minimum Gasteiger partial charge on any atom is -0.466 e. The summed E-state index contributed by atoms with van der Waals surface area (Å²) >= 11 is 0. The Kier molecular flexibility index (Phi) is 7.86. The lowest BCUT2D eigenvalue weighted by Gasteiger charge is -2.34. The molecule has 3 aliphatic heterocycles. The standard InChI is InChI=1S/C24H40N2O6/c1-5-11-16(4)25-20(28)19-24-13-12-23(6-2,32-24)18(22(30)31-7-3)17(24)21(29)26(19)14-9-8-10-15-27/h16-19,27H,5-15H2,1-4H3,(H,25,28)/t16?,17-,18+,19?,23-,24?/m0/s1. The molecule has 0 radical (unpaired) electrons. The van der Waals surface area contributed by atoms with Crippen molar-refractivity contribution in [1.82, 2.24) is 10.2 Å². The minimum atomic E-state index is -0.989. The molecule has 0 aromatic rings. The van der Waals surface area contributed by atoms with Crippen molar-refractivity contribution in [2.75, 3.05) is 19.8 Å². The monoisotopic (exact) mass is 452 g/mol. The fraction of sp³-hybridized carbons (Fsp3) is 0.875. The first kappa shape index (κ1) is 25.0. The number of aliphatic hydroxyl groups is 1. The topological polar surface area (TPSA) is 105 Å². The highest BCUT2D eigenvalue weighted by atomic mass is 16.6. The molecule has 8 heteroatoms. The summed E-state index contributed by atoms with van der Waals surface area (Å²) in [7, 11) is 0. The van der Waals surface area contributed by atoms with Gasteiger partial charge in [0.2, 0.25) is 11.8 Å². The summed E-state index contributed by atoms with van der Waals surface area (Å²) < 4.78 is 12.0. The highest BCUT2D eigenvalue weighted by Gasteiger charge is 2.78. The molecule has 3 fully saturated rings. The summed E-state index contributed by atoms with van der Waals surface area (Å²) in [6.07, 6.45) is 5.73. The van der Waals surface area contributed by atoms with Crippen molar-refractivity contribution >= 4 is 17.8 Å². The second-order valence-electron chi connectivity index (χ2n) is 9.60. The second-order valence-corrected chi connectivity index (χ2v) is 9.60. The number of fused-ring (bicyclic) bond motifs is 1. The Bertz CT molecular complexity index is 715. The molecule has 8 nitrogen and oxygen atoms in total. The normalized spacial score (nSPS) is 34.0. The van der Waals surface area contributed by atoms with Gasteiger partial charge < -0.3 is 24.8 Å². The molecule has 3 unspecified atom stereocenters. The number of hydrogen-bond acceptors (Lipinski definition) is 6. The van der Waals surface area contributed by atoms with E-state index in [0.717, 1.165) is 19.3 Å². The van der Waals surface area contributed by atoms with Gasteiger partial charge in [0.25, 0.3) is 0 Å². The number of esters is 1. The Morgan fingerprint density at radius 1 is 1.25 bits per heavy atom. The molecule has 6 atom stereocenters. The first-order valence-corrected chi connectivity index (χ1v) is 12.4. The summed E-state index contributed by atoms with van der Waals surface area (Å²) in [5.41, 5.74) is -1.74. The molecular formula is C24H40N2O6. The van der Waals surface area contributed by atoms with Gasteiger partial charge in [-0.15, -0.1) is 0 Å². The predicted octanol–water partition coefficient (Wildman–Crippen LogP) is 2.17. The van der Waals surface area contributed by atoms with Gasteiger partial charge in [0.1, 0.15) is 17.6 Å². The number of unbranched alkanes of at least 4 members (excludes halogenated alkanes) is 2. The van der Waals surface area contributed by atoms with Gasteiger partial charge >= 0.3 is 5.97 Å². The molecule has 2 N–H and O–H groups in total. The number of ether oxygens (including phenoxy) is 2. The number of aliphatic hydroxyl groups excluding tert-OH is 1. The average molecular weight is 453 g/mol. The number of nitrogens with zero attached hydrogens (tertiary/aromatic N) is 1. The third kappa shape index (κ3) is 4.04. The third-order valence-electron chi connectivity index (χ3n) is 7.64. The maximum absolute atomic E-state index is 13.7. The first-order valence-electron chi connectivity index (χ1n) is 12.4. The lowest BCUT2D eigenvalue weighted by atomic mass is 9.65. The van der Waals surface area contributed by atoms with E-state index < -0.39 is 35.0 Å². The summed E-state index contributed by atoms with van der Waals surface area (Å²) in [5, 5.41) is 12.2. The molecule has 0 aliphatic carbocycles.